The number of rotatable bonds is 8. The van der Waals surface area contributed by atoms with E-state index >= 15 is 0 Å². The highest BCUT2D eigenvalue weighted by Gasteiger charge is 2.16. The Bertz CT molecular complexity index is 425. The van der Waals surface area contributed by atoms with Crippen LogP contribution in [0, 0.1) is 3.14 Å². The Morgan fingerprint density at radius 2 is 0.769 bits per heavy atom. The normalized spacial score (nSPS) is 11.2. The van der Waals surface area contributed by atoms with Gasteiger partial charge in [-0.3, -0.25) is 0 Å². The van der Waals surface area contributed by atoms with Crippen LogP contribution in [0.25, 0.3) is 0 Å². The van der Waals surface area contributed by atoms with Crippen molar-refractivity contribution in [3.63, 3.8) is 0 Å². The van der Waals surface area contributed by atoms with Gasteiger partial charge in [-0.15, -0.1) is 20.6 Å². The lowest BCUT2D eigenvalue weighted by Crippen LogP contribution is -2.47. The van der Waals surface area contributed by atoms with Crippen molar-refractivity contribution >= 4 is 60.1 Å². The molecule has 0 saturated carbocycles. The third-order valence-electron chi connectivity index (χ3n) is 5.89. The van der Waals surface area contributed by atoms with E-state index in [4.69, 9.17) is 37.5 Å². The molecule has 1 aromatic rings. The highest BCUT2D eigenvalue weighted by Crippen LogP contribution is 2.23. The quantitative estimate of drug-likeness (QED) is 0.263. The fraction of sp³-hybridized carbons (Fsp3) is 0.842. The van der Waals surface area contributed by atoms with Crippen molar-refractivity contribution in [2.75, 3.05) is 52.4 Å². The summed E-state index contributed by atoms with van der Waals surface area (Å²) in [7, 11) is 0. The van der Waals surface area contributed by atoms with Crippen molar-refractivity contribution in [1.29, 1.82) is 0 Å². The third kappa shape index (κ3) is 10.2. The zero-order chi connectivity index (χ0) is 20.8. The van der Waals surface area contributed by atoms with Crippen LogP contribution < -0.4 is 0 Å². The molecule has 0 N–H and O–H groups in total. The molecule has 1 rings (SSSR count). The summed E-state index contributed by atoms with van der Waals surface area (Å²) in [5.41, 5.74) is 0. The predicted molar refractivity (Wildman–Crippen MR) is 129 cm³/mol. The summed E-state index contributed by atoms with van der Waals surface area (Å²) in [5, 5.41) is 0. The van der Waals surface area contributed by atoms with Crippen LogP contribution in [-0.2, 0) is 25.3 Å². The van der Waals surface area contributed by atoms with Crippen LogP contribution in [0.4, 0.5) is 0 Å². The molecule has 0 atom stereocenters. The van der Waals surface area contributed by atoms with E-state index in [-0.39, 0.29) is 0 Å². The number of hydrogen-bond donors (Lipinski definition) is 0. The minimum absolute atomic E-state index is 0.759. The number of hydrogen-bond acceptors (Lipinski definition) is 5. The molecule has 7 heteroatoms. The maximum atomic E-state index is 4.83. The van der Waals surface area contributed by atoms with Gasteiger partial charge in [-0.25, -0.2) is 0 Å². The molecular weight excluding hydrogens is 417 g/mol. The minimum atomic E-state index is 0.759. The molecule has 0 aliphatic carbocycles. The summed E-state index contributed by atoms with van der Waals surface area (Å²) < 4.78 is 4.91. The summed E-state index contributed by atoms with van der Waals surface area (Å²) in [6, 6.07) is 0. The fourth-order valence-corrected chi connectivity index (χ4v) is 6.21. The van der Waals surface area contributed by atoms with Gasteiger partial charge in [-0.1, -0.05) is 0 Å². The van der Waals surface area contributed by atoms with E-state index < -0.39 is 0 Å². The molecule has 1 aromatic heterocycles. The van der Waals surface area contributed by atoms with Gasteiger partial charge in [0.1, 0.15) is 0 Å². The van der Waals surface area contributed by atoms with Gasteiger partial charge in [0, 0.05) is 0 Å². The van der Waals surface area contributed by atoms with Crippen molar-refractivity contribution in [1.82, 2.24) is 0 Å². The third-order valence-corrected chi connectivity index (χ3v) is 9.42. The molecule has 0 spiro atoms. The topological polar surface area (TPSA) is 0 Å². The molecule has 2 nitrogen and oxygen atoms in total. The molecule has 0 bridgehead atoms. The molecule has 0 radical (unpaired) electrons. The van der Waals surface area contributed by atoms with Gasteiger partial charge in [-0.05, 0) is 58.5 Å². The highest BCUT2D eigenvalue weighted by molar-refractivity contribution is 7.78. The second-order valence-electron chi connectivity index (χ2n) is 6.24. The molecule has 0 saturated heterocycles. The van der Waals surface area contributed by atoms with Gasteiger partial charge in [0.15, 0.2) is 0 Å². The molecule has 0 amide bonds. The Labute approximate surface area is 187 Å². The average molecular weight is 457 g/mol. The van der Waals surface area contributed by atoms with Crippen LogP contribution in [0.5, 0.6) is 0 Å². The Morgan fingerprint density at radius 1 is 0.577 bits per heavy atom. The molecule has 0 fully saturated rings. The summed E-state index contributed by atoms with van der Waals surface area (Å²) in [4.78, 5) is 0. The Morgan fingerprint density at radius 3 is 0.808 bits per heavy atom. The lowest BCUT2D eigenvalue weighted by Gasteiger charge is -2.34. The van der Waals surface area contributed by atoms with Gasteiger partial charge in [0.25, 0.3) is 0 Å². The first-order valence-corrected chi connectivity index (χ1v) is 12.7. The number of quaternary nitrogens is 2. The van der Waals surface area contributed by atoms with Crippen molar-refractivity contribution in [3.05, 3.63) is 3.14 Å². The molecule has 0 aliphatic rings. The minimum Gasteiger partial charge on any atom is -0.429 e. The molecule has 26 heavy (non-hydrogen) atoms. The standard InChI is InChI=1S/2C8H20N.C3H2S5/c2*1-5-9(6-2,7-3)8-4;4-1-2(5)8-3(6)7-1/h2*5-8H2,1-4H3;4-5H/q2*+1;/p-2. The van der Waals surface area contributed by atoms with Crippen molar-refractivity contribution < 1.29 is 8.97 Å². The van der Waals surface area contributed by atoms with E-state index in [0.717, 1.165) is 11.6 Å². The summed E-state index contributed by atoms with van der Waals surface area (Å²) >= 11 is 17.3. The Balaban J connectivity index is 0. The summed E-state index contributed by atoms with van der Waals surface area (Å²) in [6.45, 7) is 28.4. The van der Waals surface area contributed by atoms with E-state index in [1.165, 1.54) is 84.0 Å². The van der Waals surface area contributed by atoms with Gasteiger partial charge in [-0.2, -0.15) is 0 Å². The van der Waals surface area contributed by atoms with Gasteiger partial charge in [0.2, 0.25) is 0 Å². The van der Waals surface area contributed by atoms with E-state index in [1.807, 2.05) is 0 Å². The maximum Gasteiger partial charge on any atom is 0.0757 e. The van der Waals surface area contributed by atoms with Crippen molar-refractivity contribution in [2.24, 2.45) is 0 Å². The van der Waals surface area contributed by atoms with E-state index in [2.05, 4.69) is 55.4 Å². The highest BCUT2D eigenvalue weighted by atomic mass is 32.2. The second-order valence-corrected chi connectivity index (χ2v) is 10.8. The van der Waals surface area contributed by atoms with Crippen LogP contribution in [0.2, 0.25) is 0 Å². The van der Waals surface area contributed by atoms with Crippen LogP contribution in [-0.4, -0.2) is 61.3 Å². The zero-order valence-corrected chi connectivity index (χ0v) is 22.2. The maximum absolute atomic E-state index is 4.83. The lowest BCUT2D eigenvalue weighted by molar-refractivity contribution is -0.921. The first-order chi connectivity index (χ1) is 12.2. The second kappa shape index (κ2) is 15.5. The van der Waals surface area contributed by atoms with Crippen LogP contribution >= 0.6 is 34.9 Å². The monoisotopic (exact) mass is 456 g/mol. The molecule has 1 heterocycles. The van der Waals surface area contributed by atoms with Crippen molar-refractivity contribution in [2.45, 2.75) is 63.8 Å². The Hall–Kier alpha value is 0.630. The fourth-order valence-electron chi connectivity index (χ4n) is 2.94. The van der Waals surface area contributed by atoms with Gasteiger partial charge >= 0.3 is 0 Å². The van der Waals surface area contributed by atoms with Crippen LogP contribution in [0.3, 0.4) is 0 Å². The van der Waals surface area contributed by atoms with E-state index in [1.54, 1.807) is 0 Å². The first kappa shape index (κ1) is 28.8. The van der Waals surface area contributed by atoms with E-state index in [9.17, 15) is 0 Å². The molecule has 0 aliphatic heterocycles. The van der Waals surface area contributed by atoms with Gasteiger partial charge in [0.05, 0.1) is 52.4 Å². The van der Waals surface area contributed by atoms with E-state index in [0.29, 0.717) is 0 Å². The van der Waals surface area contributed by atoms with Gasteiger partial charge < -0.3 is 56.9 Å². The zero-order valence-electron chi connectivity index (χ0n) is 18.1. The smallest absolute Gasteiger partial charge is 0.0757 e. The Kier molecular flexibility index (Phi) is 17.2. The van der Waals surface area contributed by atoms with Crippen LogP contribution in [0.15, 0.2) is 8.42 Å². The molecule has 0 aromatic carbocycles. The molecule has 156 valence electrons. The summed E-state index contributed by atoms with van der Waals surface area (Å²) in [6.07, 6.45) is 0. The predicted octanol–water partition coefficient (Wildman–Crippen LogP) is 6.12. The number of nitrogens with zero attached hydrogens (tertiary/aromatic N) is 2. The summed E-state index contributed by atoms with van der Waals surface area (Å²) in [5.74, 6) is 0. The first-order valence-electron chi connectivity index (χ1n) is 9.87. The lowest BCUT2D eigenvalue weighted by atomic mass is 10.3. The van der Waals surface area contributed by atoms with Crippen LogP contribution in [0.1, 0.15) is 55.4 Å². The van der Waals surface area contributed by atoms with Crippen molar-refractivity contribution in [3.8, 4) is 0 Å². The largest absolute Gasteiger partial charge is 0.429 e. The average Bonchev–Trinajstić information content (AvgIpc) is 2.96. The molecule has 0 unspecified atom stereocenters. The SMILES string of the molecule is CC[N+](CC)(CC)CC.CC[N+](CC)(CC)CC.S=c1sc([S-])c([S-])s1. The molecular formula is C19H40N2S5.